The van der Waals surface area contributed by atoms with Crippen molar-refractivity contribution in [1.82, 2.24) is 9.78 Å². The maximum absolute atomic E-state index is 6.53. The molecule has 1 fully saturated rings. The molecule has 2 N–H and O–H groups in total. The molecule has 0 aromatic carbocycles. The van der Waals surface area contributed by atoms with E-state index in [0.717, 1.165) is 30.9 Å². The molecule has 1 aliphatic carbocycles. The van der Waals surface area contributed by atoms with Crippen LogP contribution < -0.4 is 5.73 Å². The second kappa shape index (κ2) is 5.43. The van der Waals surface area contributed by atoms with Gasteiger partial charge in [0.15, 0.2) is 0 Å². The first-order valence-electron chi connectivity index (χ1n) is 7.39. The summed E-state index contributed by atoms with van der Waals surface area (Å²) in [5, 5.41) is 4.68. The fourth-order valence-corrected chi connectivity index (χ4v) is 3.04. The molecular formula is C15H27N3. The van der Waals surface area contributed by atoms with Crippen molar-refractivity contribution in [3.05, 3.63) is 18.0 Å². The second-order valence-electron chi connectivity index (χ2n) is 6.10. The third-order valence-electron chi connectivity index (χ3n) is 4.56. The van der Waals surface area contributed by atoms with Crippen LogP contribution in [0, 0.1) is 5.92 Å². The zero-order chi connectivity index (χ0) is 13.2. The van der Waals surface area contributed by atoms with Gasteiger partial charge in [-0.25, -0.2) is 0 Å². The molecule has 1 aliphatic rings. The Kier molecular flexibility index (Phi) is 4.10. The molecule has 3 atom stereocenters. The van der Waals surface area contributed by atoms with Crippen molar-refractivity contribution >= 4 is 0 Å². The van der Waals surface area contributed by atoms with Gasteiger partial charge < -0.3 is 5.73 Å². The molecule has 18 heavy (non-hydrogen) atoms. The predicted octanol–water partition coefficient (Wildman–Crippen LogP) is 3.30. The summed E-state index contributed by atoms with van der Waals surface area (Å²) in [6, 6.07) is 2.62. The zero-order valence-corrected chi connectivity index (χ0v) is 12.0. The van der Waals surface area contributed by atoms with Gasteiger partial charge >= 0.3 is 0 Å². The van der Waals surface area contributed by atoms with Gasteiger partial charge in [-0.1, -0.05) is 20.3 Å². The number of hydrogen-bond donors (Lipinski definition) is 1. The largest absolute Gasteiger partial charge is 0.325 e. The van der Waals surface area contributed by atoms with Gasteiger partial charge in [-0.15, -0.1) is 0 Å². The SMILES string of the molecule is CCC1CCC(N)(Cc2ccn(C(C)CC)n2)C1. The van der Waals surface area contributed by atoms with Crippen LogP contribution in [-0.2, 0) is 6.42 Å². The average Bonchev–Trinajstić information content (AvgIpc) is 2.95. The standard InChI is InChI=1S/C15H27N3/c1-4-12(3)18-9-7-14(17-18)11-15(16)8-6-13(5-2)10-15/h7,9,12-13H,4-6,8,10-11,16H2,1-3H3. The van der Waals surface area contributed by atoms with Gasteiger partial charge in [0.05, 0.1) is 5.69 Å². The van der Waals surface area contributed by atoms with E-state index in [-0.39, 0.29) is 5.54 Å². The quantitative estimate of drug-likeness (QED) is 0.870. The number of aromatic nitrogens is 2. The number of nitrogens with two attached hydrogens (primary N) is 1. The molecule has 0 aliphatic heterocycles. The van der Waals surface area contributed by atoms with Crippen LogP contribution in [0.15, 0.2) is 12.3 Å². The molecule has 3 unspecified atom stereocenters. The van der Waals surface area contributed by atoms with Crippen molar-refractivity contribution in [2.75, 3.05) is 0 Å². The summed E-state index contributed by atoms with van der Waals surface area (Å²) in [7, 11) is 0. The maximum Gasteiger partial charge on any atom is 0.0643 e. The number of hydrogen-bond acceptors (Lipinski definition) is 2. The molecule has 2 rings (SSSR count). The summed E-state index contributed by atoms with van der Waals surface area (Å²) in [5.74, 6) is 0.826. The summed E-state index contributed by atoms with van der Waals surface area (Å²) in [6.07, 6.45) is 9.03. The minimum absolute atomic E-state index is 0.00465. The summed E-state index contributed by atoms with van der Waals surface area (Å²) in [5.41, 5.74) is 7.68. The van der Waals surface area contributed by atoms with Crippen molar-refractivity contribution in [3.8, 4) is 0 Å². The van der Waals surface area contributed by atoms with Gasteiger partial charge in [0, 0.05) is 24.2 Å². The molecule has 0 saturated heterocycles. The van der Waals surface area contributed by atoms with Crippen molar-refractivity contribution in [2.45, 2.75) is 70.9 Å². The molecular weight excluding hydrogens is 222 g/mol. The van der Waals surface area contributed by atoms with Crippen LogP contribution in [0.1, 0.15) is 64.6 Å². The molecule has 0 bridgehead atoms. The Morgan fingerprint density at radius 1 is 1.56 bits per heavy atom. The minimum atomic E-state index is -0.00465. The maximum atomic E-state index is 6.53. The third-order valence-corrected chi connectivity index (χ3v) is 4.56. The van der Waals surface area contributed by atoms with Gasteiger partial charge in [0.2, 0.25) is 0 Å². The van der Waals surface area contributed by atoms with E-state index in [0.29, 0.717) is 6.04 Å². The van der Waals surface area contributed by atoms with Crippen LogP contribution in [0.4, 0.5) is 0 Å². The Bertz CT molecular complexity index is 385. The topological polar surface area (TPSA) is 43.8 Å². The predicted molar refractivity (Wildman–Crippen MR) is 75.5 cm³/mol. The highest BCUT2D eigenvalue weighted by atomic mass is 15.3. The Labute approximate surface area is 111 Å². The van der Waals surface area contributed by atoms with Crippen molar-refractivity contribution in [3.63, 3.8) is 0 Å². The molecule has 102 valence electrons. The highest BCUT2D eigenvalue weighted by Crippen LogP contribution is 2.36. The van der Waals surface area contributed by atoms with E-state index in [1.165, 1.54) is 19.3 Å². The van der Waals surface area contributed by atoms with Crippen LogP contribution in [0.25, 0.3) is 0 Å². The summed E-state index contributed by atoms with van der Waals surface area (Å²) in [6.45, 7) is 6.67. The van der Waals surface area contributed by atoms with Crippen LogP contribution >= 0.6 is 0 Å². The summed E-state index contributed by atoms with van der Waals surface area (Å²) >= 11 is 0. The Morgan fingerprint density at radius 3 is 2.94 bits per heavy atom. The summed E-state index contributed by atoms with van der Waals surface area (Å²) in [4.78, 5) is 0. The summed E-state index contributed by atoms with van der Waals surface area (Å²) < 4.78 is 2.07. The van der Waals surface area contributed by atoms with Crippen LogP contribution in [0.5, 0.6) is 0 Å². The molecule has 3 nitrogen and oxygen atoms in total. The van der Waals surface area contributed by atoms with E-state index < -0.39 is 0 Å². The van der Waals surface area contributed by atoms with E-state index in [9.17, 15) is 0 Å². The Morgan fingerprint density at radius 2 is 2.33 bits per heavy atom. The fraction of sp³-hybridized carbons (Fsp3) is 0.800. The Hall–Kier alpha value is -0.830. The van der Waals surface area contributed by atoms with E-state index >= 15 is 0 Å². The van der Waals surface area contributed by atoms with Gasteiger partial charge in [-0.2, -0.15) is 5.10 Å². The molecule has 0 spiro atoms. The Balaban J connectivity index is 1.99. The molecule has 1 saturated carbocycles. The fourth-order valence-electron chi connectivity index (χ4n) is 3.04. The van der Waals surface area contributed by atoms with E-state index in [1.807, 2.05) is 0 Å². The monoisotopic (exact) mass is 249 g/mol. The van der Waals surface area contributed by atoms with E-state index in [2.05, 4.69) is 42.8 Å². The molecule has 1 aromatic heterocycles. The first-order chi connectivity index (χ1) is 8.56. The average molecular weight is 249 g/mol. The minimum Gasteiger partial charge on any atom is -0.325 e. The molecule has 0 amide bonds. The molecule has 1 aromatic rings. The van der Waals surface area contributed by atoms with Gasteiger partial charge in [0.25, 0.3) is 0 Å². The van der Waals surface area contributed by atoms with Crippen molar-refractivity contribution < 1.29 is 0 Å². The number of nitrogens with zero attached hydrogens (tertiary/aromatic N) is 2. The molecule has 3 heteroatoms. The lowest BCUT2D eigenvalue weighted by Gasteiger charge is -2.23. The zero-order valence-electron chi connectivity index (χ0n) is 12.0. The second-order valence-corrected chi connectivity index (χ2v) is 6.10. The van der Waals surface area contributed by atoms with E-state index in [4.69, 9.17) is 5.73 Å². The lowest BCUT2D eigenvalue weighted by molar-refractivity contribution is 0.397. The van der Waals surface area contributed by atoms with Crippen molar-refractivity contribution in [1.29, 1.82) is 0 Å². The van der Waals surface area contributed by atoms with Crippen molar-refractivity contribution in [2.24, 2.45) is 11.7 Å². The van der Waals surface area contributed by atoms with Crippen LogP contribution in [-0.4, -0.2) is 15.3 Å². The smallest absolute Gasteiger partial charge is 0.0643 e. The first-order valence-corrected chi connectivity index (χ1v) is 7.39. The highest BCUT2D eigenvalue weighted by Gasteiger charge is 2.35. The van der Waals surface area contributed by atoms with Gasteiger partial charge in [-0.3, -0.25) is 4.68 Å². The van der Waals surface area contributed by atoms with Crippen LogP contribution in [0.3, 0.4) is 0 Å². The number of rotatable bonds is 5. The normalized spacial score (nSPS) is 29.7. The third kappa shape index (κ3) is 2.94. The molecule has 1 heterocycles. The van der Waals surface area contributed by atoms with E-state index in [1.54, 1.807) is 0 Å². The van der Waals surface area contributed by atoms with Gasteiger partial charge in [0.1, 0.15) is 0 Å². The molecule has 0 radical (unpaired) electrons. The first kappa shape index (κ1) is 13.6. The van der Waals surface area contributed by atoms with Gasteiger partial charge in [-0.05, 0) is 44.6 Å². The van der Waals surface area contributed by atoms with Crippen LogP contribution in [0.2, 0.25) is 0 Å². The highest BCUT2D eigenvalue weighted by molar-refractivity contribution is 5.08. The lowest BCUT2D eigenvalue weighted by Crippen LogP contribution is -2.39. The lowest BCUT2D eigenvalue weighted by atomic mass is 9.91.